The maximum absolute atomic E-state index is 4.71. The lowest BCUT2D eigenvalue weighted by Crippen LogP contribution is -2.34. The number of hydrogen-bond acceptors (Lipinski definition) is 2. The number of aromatic nitrogens is 2. The topological polar surface area (TPSA) is 29.9 Å². The molecule has 1 heterocycles. The van der Waals surface area contributed by atoms with Crippen molar-refractivity contribution in [2.24, 2.45) is 17.3 Å². The van der Waals surface area contributed by atoms with Crippen LogP contribution in [0.4, 0.5) is 0 Å². The van der Waals surface area contributed by atoms with Crippen LogP contribution in [-0.4, -0.2) is 23.4 Å². The van der Waals surface area contributed by atoms with Gasteiger partial charge in [0.25, 0.3) is 0 Å². The first-order chi connectivity index (χ1) is 9.19. The highest BCUT2D eigenvalue weighted by Gasteiger charge is 2.53. The Morgan fingerprint density at radius 3 is 2.68 bits per heavy atom. The maximum Gasteiger partial charge on any atom is 0.0624 e. The third kappa shape index (κ3) is 2.45. The summed E-state index contributed by atoms with van der Waals surface area (Å²) in [5.74, 6) is 2.08. The van der Waals surface area contributed by atoms with Gasteiger partial charge in [-0.15, -0.1) is 0 Å². The second-order valence-electron chi connectivity index (χ2n) is 6.67. The second kappa shape index (κ2) is 4.93. The SMILES string of the molecule is CCc1cc(CC2(CNC)CC3CC3C2)n(CC)n1. The van der Waals surface area contributed by atoms with Crippen molar-refractivity contribution in [3.63, 3.8) is 0 Å². The summed E-state index contributed by atoms with van der Waals surface area (Å²) in [4.78, 5) is 0. The number of aryl methyl sites for hydroxylation is 2. The molecule has 2 unspecified atom stereocenters. The summed E-state index contributed by atoms with van der Waals surface area (Å²) < 4.78 is 2.22. The summed E-state index contributed by atoms with van der Waals surface area (Å²) in [5.41, 5.74) is 3.20. The van der Waals surface area contributed by atoms with Crippen LogP contribution in [0.5, 0.6) is 0 Å². The van der Waals surface area contributed by atoms with Gasteiger partial charge in [0.05, 0.1) is 5.69 Å². The Labute approximate surface area is 116 Å². The number of hydrogen-bond donors (Lipinski definition) is 1. The van der Waals surface area contributed by atoms with Crippen LogP contribution in [0.1, 0.15) is 44.5 Å². The van der Waals surface area contributed by atoms with E-state index in [-0.39, 0.29) is 0 Å². The average Bonchev–Trinajstić information content (AvgIpc) is 2.86. The number of rotatable bonds is 6. The van der Waals surface area contributed by atoms with E-state index in [9.17, 15) is 0 Å². The predicted octanol–water partition coefficient (Wildman–Crippen LogP) is 2.64. The number of nitrogens with one attached hydrogen (secondary N) is 1. The first-order valence-electron chi connectivity index (χ1n) is 7.90. The van der Waals surface area contributed by atoms with Gasteiger partial charge in [-0.3, -0.25) is 4.68 Å². The normalized spacial score (nSPS) is 32.6. The van der Waals surface area contributed by atoms with E-state index in [1.807, 2.05) is 0 Å². The molecule has 2 aliphatic carbocycles. The van der Waals surface area contributed by atoms with Crippen molar-refractivity contribution in [2.45, 2.75) is 52.5 Å². The van der Waals surface area contributed by atoms with Gasteiger partial charge in [0.2, 0.25) is 0 Å². The summed E-state index contributed by atoms with van der Waals surface area (Å²) in [7, 11) is 2.10. The fraction of sp³-hybridized carbons (Fsp3) is 0.812. The fourth-order valence-corrected chi connectivity index (χ4v) is 4.22. The summed E-state index contributed by atoms with van der Waals surface area (Å²) >= 11 is 0. The second-order valence-corrected chi connectivity index (χ2v) is 6.67. The lowest BCUT2D eigenvalue weighted by atomic mass is 9.78. The molecule has 0 spiro atoms. The van der Waals surface area contributed by atoms with Gasteiger partial charge in [-0.2, -0.15) is 5.10 Å². The zero-order chi connectivity index (χ0) is 13.5. The van der Waals surface area contributed by atoms with Crippen LogP contribution >= 0.6 is 0 Å². The van der Waals surface area contributed by atoms with Crippen molar-refractivity contribution in [1.29, 1.82) is 0 Å². The molecule has 3 nitrogen and oxygen atoms in total. The first-order valence-corrected chi connectivity index (χ1v) is 7.90. The van der Waals surface area contributed by atoms with Crippen molar-refractivity contribution in [3.05, 3.63) is 17.5 Å². The smallest absolute Gasteiger partial charge is 0.0624 e. The Morgan fingerprint density at radius 2 is 2.11 bits per heavy atom. The summed E-state index contributed by atoms with van der Waals surface area (Å²) in [6.45, 7) is 6.56. The Bertz CT molecular complexity index is 439. The van der Waals surface area contributed by atoms with Gasteiger partial charge in [0.15, 0.2) is 0 Å². The Morgan fingerprint density at radius 1 is 1.37 bits per heavy atom. The van der Waals surface area contributed by atoms with Crippen LogP contribution < -0.4 is 5.32 Å². The highest BCUT2D eigenvalue weighted by atomic mass is 15.3. The molecule has 1 aromatic heterocycles. The van der Waals surface area contributed by atoms with E-state index in [1.165, 1.54) is 37.1 Å². The monoisotopic (exact) mass is 261 g/mol. The van der Waals surface area contributed by atoms with E-state index in [0.29, 0.717) is 5.41 Å². The van der Waals surface area contributed by atoms with Gasteiger partial charge in [-0.05, 0) is 69.4 Å². The average molecular weight is 261 g/mol. The molecule has 3 heteroatoms. The highest BCUT2D eigenvalue weighted by molar-refractivity contribution is 5.16. The summed E-state index contributed by atoms with van der Waals surface area (Å²) in [5, 5.41) is 8.15. The lowest BCUT2D eigenvalue weighted by molar-refractivity contribution is 0.248. The van der Waals surface area contributed by atoms with Crippen LogP contribution in [-0.2, 0) is 19.4 Å². The molecule has 1 aromatic rings. The van der Waals surface area contributed by atoms with E-state index in [2.05, 4.69) is 37.0 Å². The largest absolute Gasteiger partial charge is 0.319 e. The summed E-state index contributed by atoms with van der Waals surface area (Å²) in [6.07, 6.45) is 6.61. The Balaban J connectivity index is 1.79. The van der Waals surface area contributed by atoms with Crippen LogP contribution in [0.3, 0.4) is 0 Å². The quantitative estimate of drug-likeness (QED) is 0.853. The molecule has 0 amide bonds. The van der Waals surface area contributed by atoms with Crippen LogP contribution in [0, 0.1) is 17.3 Å². The molecule has 3 rings (SSSR count). The molecule has 0 bridgehead atoms. The minimum Gasteiger partial charge on any atom is -0.319 e. The molecule has 2 fully saturated rings. The molecular weight excluding hydrogens is 234 g/mol. The Kier molecular flexibility index (Phi) is 3.42. The minimum absolute atomic E-state index is 0.500. The molecule has 0 saturated heterocycles. The van der Waals surface area contributed by atoms with Gasteiger partial charge in [0.1, 0.15) is 0 Å². The molecule has 1 N–H and O–H groups in total. The Hall–Kier alpha value is -0.830. The molecule has 0 aromatic carbocycles. The molecule has 2 aliphatic rings. The molecule has 0 radical (unpaired) electrons. The van der Waals surface area contributed by atoms with Gasteiger partial charge in [-0.1, -0.05) is 6.92 Å². The van der Waals surface area contributed by atoms with Crippen molar-refractivity contribution >= 4 is 0 Å². The van der Waals surface area contributed by atoms with E-state index in [0.717, 1.165) is 31.3 Å². The lowest BCUT2D eigenvalue weighted by Gasteiger charge is -2.31. The number of fused-ring (bicyclic) bond motifs is 1. The third-order valence-corrected chi connectivity index (χ3v) is 5.14. The molecule has 2 atom stereocenters. The van der Waals surface area contributed by atoms with Gasteiger partial charge in [-0.25, -0.2) is 0 Å². The molecule has 2 saturated carbocycles. The van der Waals surface area contributed by atoms with Gasteiger partial charge < -0.3 is 5.32 Å². The van der Waals surface area contributed by atoms with Crippen molar-refractivity contribution in [3.8, 4) is 0 Å². The van der Waals surface area contributed by atoms with E-state index in [1.54, 1.807) is 0 Å². The van der Waals surface area contributed by atoms with Crippen LogP contribution in [0.2, 0.25) is 0 Å². The molecular formula is C16H27N3. The standard InChI is InChI=1S/C16H27N3/c1-4-14-7-15(19(5-2)18-14)10-16(11-17-3)8-12-6-13(12)9-16/h7,12-13,17H,4-6,8-11H2,1-3H3. The predicted molar refractivity (Wildman–Crippen MR) is 78.2 cm³/mol. The van der Waals surface area contributed by atoms with Crippen LogP contribution in [0.25, 0.3) is 0 Å². The molecule has 19 heavy (non-hydrogen) atoms. The highest BCUT2D eigenvalue weighted by Crippen LogP contribution is 2.60. The van der Waals surface area contributed by atoms with Gasteiger partial charge in [0, 0.05) is 18.8 Å². The zero-order valence-corrected chi connectivity index (χ0v) is 12.6. The molecule has 106 valence electrons. The third-order valence-electron chi connectivity index (χ3n) is 5.14. The van der Waals surface area contributed by atoms with Gasteiger partial charge >= 0.3 is 0 Å². The molecule has 0 aliphatic heterocycles. The maximum atomic E-state index is 4.71. The first kappa shape index (κ1) is 13.2. The summed E-state index contributed by atoms with van der Waals surface area (Å²) in [6, 6.07) is 2.34. The minimum atomic E-state index is 0.500. The van der Waals surface area contributed by atoms with E-state index >= 15 is 0 Å². The van der Waals surface area contributed by atoms with Crippen molar-refractivity contribution < 1.29 is 0 Å². The van der Waals surface area contributed by atoms with E-state index < -0.39 is 0 Å². The van der Waals surface area contributed by atoms with Crippen molar-refractivity contribution in [2.75, 3.05) is 13.6 Å². The fourth-order valence-electron chi connectivity index (χ4n) is 4.22. The van der Waals surface area contributed by atoms with E-state index in [4.69, 9.17) is 5.10 Å². The zero-order valence-electron chi connectivity index (χ0n) is 12.6. The van der Waals surface area contributed by atoms with Crippen LogP contribution in [0.15, 0.2) is 6.07 Å². The number of nitrogens with zero attached hydrogens (tertiary/aromatic N) is 2. The van der Waals surface area contributed by atoms with Crippen molar-refractivity contribution in [1.82, 2.24) is 15.1 Å².